The molecule has 0 atom stereocenters. The van der Waals surface area contributed by atoms with Gasteiger partial charge in [-0.3, -0.25) is 0 Å². The molecule has 0 aromatic heterocycles. The Morgan fingerprint density at radius 1 is 0.818 bits per heavy atom. The first kappa shape index (κ1) is 25.5. The van der Waals surface area contributed by atoms with Gasteiger partial charge in [-0.25, -0.2) is 9.59 Å². The zero-order chi connectivity index (χ0) is 24.2. The Hall–Kier alpha value is -3.72. The first-order valence-corrected chi connectivity index (χ1v) is 10.3. The molecule has 0 aliphatic heterocycles. The van der Waals surface area contributed by atoms with Crippen LogP contribution in [0.2, 0.25) is 0 Å². The van der Waals surface area contributed by atoms with Crippen LogP contribution in [0.15, 0.2) is 54.2 Å². The van der Waals surface area contributed by atoms with Crippen molar-refractivity contribution in [2.24, 2.45) is 0 Å². The number of anilines is 2. The quantitative estimate of drug-likeness (QED) is 0.154. The van der Waals surface area contributed by atoms with E-state index in [1.165, 1.54) is 27.5 Å². The number of carbonyl (C=O) groups excluding carboxylic acids is 2. The van der Waals surface area contributed by atoms with Crippen LogP contribution in [-0.2, 0) is 23.8 Å². The fourth-order valence-electron chi connectivity index (χ4n) is 2.84. The highest BCUT2D eigenvalue weighted by Gasteiger charge is 2.24. The van der Waals surface area contributed by atoms with Gasteiger partial charge in [0.25, 0.3) is 0 Å². The van der Waals surface area contributed by atoms with Gasteiger partial charge in [-0.05, 0) is 50.2 Å². The van der Waals surface area contributed by atoms with Crippen LogP contribution in [-0.4, -0.2) is 53.3 Å². The van der Waals surface area contributed by atoms with Crippen LogP contribution >= 0.6 is 0 Å². The summed E-state index contributed by atoms with van der Waals surface area (Å²) in [6.45, 7) is 3.64. The molecule has 0 fully saturated rings. The number of esters is 2. The maximum absolute atomic E-state index is 12.6. The van der Waals surface area contributed by atoms with Gasteiger partial charge in [-0.1, -0.05) is 0 Å². The first-order valence-electron chi connectivity index (χ1n) is 10.3. The van der Waals surface area contributed by atoms with Crippen molar-refractivity contribution >= 4 is 23.3 Å². The molecule has 0 saturated heterocycles. The van der Waals surface area contributed by atoms with Crippen molar-refractivity contribution in [1.29, 1.82) is 0 Å². The lowest BCUT2D eigenvalue weighted by Crippen LogP contribution is -2.22. The Morgan fingerprint density at radius 3 is 1.91 bits per heavy atom. The number of hydrogen-bond donors (Lipinski definition) is 0. The minimum absolute atomic E-state index is 0.106. The second kappa shape index (κ2) is 13.0. The zero-order valence-electron chi connectivity index (χ0n) is 19.5. The molecule has 2 aromatic carbocycles. The molecule has 0 radical (unpaired) electrons. The molecule has 0 spiro atoms. The zero-order valence-corrected chi connectivity index (χ0v) is 19.5. The number of ether oxygens (including phenoxy) is 6. The third kappa shape index (κ3) is 6.88. The molecule has 0 bridgehead atoms. The molecule has 9 heteroatoms. The predicted molar refractivity (Wildman–Crippen MR) is 122 cm³/mol. The van der Waals surface area contributed by atoms with Gasteiger partial charge in [0, 0.05) is 30.8 Å². The van der Waals surface area contributed by atoms with E-state index in [0.717, 1.165) is 0 Å². The van der Waals surface area contributed by atoms with Gasteiger partial charge in [-0.2, -0.15) is 0 Å². The second-order valence-electron chi connectivity index (χ2n) is 6.44. The van der Waals surface area contributed by atoms with E-state index in [9.17, 15) is 9.59 Å². The number of benzene rings is 2. The summed E-state index contributed by atoms with van der Waals surface area (Å²) in [5, 5.41) is 0. The molecule has 0 aliphatic rings. The van der Waals surface area contributed by atoms with Crippen LogP contribution in [0.1, 0.15) is 13.8 Å². The van der Waals surface area contributed by atoms with Crippen LogP contribution in [0.3, 0.4) is 0 Å². The topological polar surface area (TPSA) is 92.8 Å². The fourth-order valence-corrected chi connectivity index (χ4v) is 2.84. The van der Waals surface area contributed by atoms with Crippen LogP contribution < -0.4 is 19.1 Å². The summed E-state index contributed by atoms with van der Waals surface area (Å²) in [5.74, 6) is 0.0163. The van der Waals surface area contributed by atoms with Crippen LogP contribution in [0, 0.1) is 0 Å². The van der Waals surface area contributed by atoms with Gasteiger partial charge in [0.05, 0.1) is 27.4 Å². The molecule has 0 amide bonds. The lowest BCUT2D eigenvalue weighted by Gasteiger charge is -2.23. The van der Waals surface area contributed by atoms with Gasteiger partial charge in [0.1, 0.15) is 5.75 Å². The number of rotatable bonds is 12. The Balaban J connectivity index is 2.61. The summed E-state index contributed by atoms with van der Waals surface area (Å²) >= 11 is 0. The second-order valence-corrected chi connectivity index (χ2v) is 6.44. The lowest BCUT2D eigenvalue weighted by atomic mass is 10.2. The highest BCUT2D eigenvalue weighted by atomic mass is 16.7. The molecule has 2 rings (SSSR count). The van der Waals surface area contributed by atoms with E-state index in [0.29, 0.717) is 28.6 Å². The molecular formula is C24H29NO8. The number of carbonyl (C=O) groups is 2. The summed E-state index contributed by atoms with van der Waals surface area (Å²) in [6.07, 6.45) is 1.38. The van der Waals surface area contributed by atoms with Crippen molar-refractivity contribution in [1.82, 2.24) is 0 Å². The van der Waals surface area contributed by atoms with Gasteiger partial charge in [0.15, 0.2) is 23.9 Å². The third-order valence-corrected chi connectivity index (χ3v) is 4.35. The van der Waals surface area contributed by atoms with Gasteiger partial charge in [0.2, 0.25) is 0 Å². The standard InChI is InChI=1S/C24H29NO8/c1-6-31-23(26)20(24(27)32-7-2)15-25(17-8-11-19(12-9-17)33-16-28-3)18-10-13-21(29-4)22(14-18)30-5/h8-15H,6-7,16H2,1-5H3. The minimum atomic E-state index is -0.790. The normalized spacial score (nSPS) is 10.1. The van der Waals surface area contributed by atoms with Gasteiger partial charge >= 0.3 is 11.9 Å². The highest BCUT2D eigenvalue weighted by molar-refractivity contribution is 6.14. The van der Waals surface area contributed by atoms with E-state index < -0.39 is 11.9 Å². The summed E-state index contributed by atoms with van der Waals surface area (Å²) < 4.78 is 31.2. The van der Waals surface area contributed by atoms with Crippen molar-refractivity contribution in [2.75, 3.05) is 46.2 Å². The first-order chi connectivity index (χ1) is 16.0. The maximum atomic E-state index is 12.6. The summed E-state index contributed by atoms with van der Waals surface area (Å²) in [6, 6.07) is 12.2. The molecular weight excluding hydrogens is 430 g/mol. The van der Waals surface area contributed by atoms with Crippen molar-refractivity contribution in [3.05, 3.63) is 54.2 Å². The Morgan fingerprint density at radius 2 is 1.39 bits per heavy atom. The Kier molecular flexibility index (Phi) is 10.0. The van der Waals surface area contributed by atoms with E-state index in [2.05, 4.69) is 0 Å². The van der Waals surface area contributed by atoms with Crippen molar-refractivity contribution in [2.45, 2.75) is 13.8 Å². The van der Waals surface area contributed by atoms with Gasteiger partial charge < -0.3 is 33.3 Å². The van der Waals surface area contributed by atoms with E-state index in [-0.39, 0.29) is 25.6 Å². The summed E-state index contributed by atoms with van der Waals surface area (Å²) in [4.78, 5) is 26.8. The number of nitrogens with zero attached hydrogens (tertiary/aromatic N) is 1. The predicted octanol–water partition coefficient (Wildman–Crippen LogP) is 3.83. The van der Waals surface area contributed by atoms with Crippen molar-refractivity contribution in [3.8, 4) is 17.2 Å². The molecule has 0 unspecified atom stereocenters. The van der Waals surface area contributed by atoms with E-state index >= 15 is 0 Å². The SMILES string of the molecule is CCOC(=O)C(=CN(c1ccc(OCOC)cc1)c1ccc(OC)c(OC)c1)C(=O)OCC. The van der Waals surface area contributed by atoms with Crippen LogP contribution in [0.4, 0.5) is 11.4 Å². The average molecular weight is 459 g/mol. The summed E-state index contributed by atoms with van der Waals surface area (Å²) in [7, 11) is 4.59. The Labute approximate surface area is 193 Å². The smallest absolute Gasteiger partial charge is 0.347 e. The number of methoxy groups -OCH3 is 3. The molecule has 0 heterocycles. The lowest BCUT2D eigenvalue weighted by molar-refractivity contribution is -0.146. The number of hydrogen-bond acceptors (Lipinski definition) is 9. The molecule has 2 aromatic rings. The maximum Gasteiger partial charge on any atom is 0.347 e. The van der Waals surface area contributed by atoms with Crippen molar-refractivity contribution in [3.63, 3.8) is 0 Å². The van der Waals surface area contributed by atoms with Crippen LogP contribution in [0.25, 0.3) is 0 Å². The van der Waals surface area contributed by atoms with E-state index in [1.54, 1.807) is 61.2 Å². The molecule has 0 saturated carbocycles. The molecule has 178 valence electrons. The van der Waals surface area contributed by atoms with Crippen LogP contribution in [0.5, 0.6) is 17.2 Å². The van der Waals surface area contributed by atoms with E-state index in [4.69, 9.17) is 28.4 Å². The monoisotopic (exact) mass is 459 g/mol. The molecule has 33 heavy (non-hydrogen) atoms. The summed E-state index contributed by atoms with van der Waals surface area (Å²) in [5.41, 5.74) is 0.982. The molecule has 0 aliphatic carbocycles. The minimum Gasteiger partial charge on any atom is -0.493 e. The highest BCUT2D eigenvalue weighted by Crippen LogP contribution is 2.35. The van der Waals surface area contributed by atoms with Gasteiger partial charge in [-0.15, -0.1) is 0 Å². The third-order valence-electron chi connectivity index (χ3n) is 4.35. The van der Waals surface area contributed by atoms with Crippen molar-refractivity contribution < 1.29 is 38.0 Å². The van der Waals surface area contributed by atoms with E-state index in [1.807, 2.05) is 0 Å². The molecule has 0 N–H and O–H groups in total. The fraction of sp³-hybridized carbons (Fsp3) is 0.333. The Bertz CT molecular complexity index is 935. The average Bonchev–Trinajstić information content (AvgIpc) is 2.83. The molecule has 9 nitrogen and oxygen atoms in total. The largest absolute Gasteiger partial charge is 0.493 e.